The van der Waals surface area contributed by atoms with E-state index in [1.807, 2.05) is 23.0 Å². The number of piperidine rings is 1. The second-order valence-electron chi connectivity index (χ2n) is 8.22. The zero-order valence-corrected chi connectivity index (χ0v) is 17.8. The van der Waals surface area contributed by atoms with Crippen molar-refractivity contribution in [3.8, 4) is 11.1 Å². The molecule has 30 heavy (non-hydrogen) atoms. The fourth-order valence-electron chi connectivity index (χ4n) is 4.18. The molecule has 1 unspecified atom stereocenters. The Hall–Kier alpha value is -2.92. The third kappa shape index (κ3) is 4.97. The van der Waals surface area contributed by atoms with Crippen LogP contribution in [0.4, 0.5) is 5.69 Å². The Labute approximate surface area is 178 Å². The number of nitrogens with zero attached hydrogens (tertiary/aromatic N) is 3. The Kier molecular flexibility index (Phi) is 6.29. The first-order chi connectivity index (χ1) is 14.6. The van der Waals surface area contributed by atoms with Gasteiger partial charge in [0.1, 0.15) is 0 Å². The van der Waals surface area contributed by atoms with Crippen LogP contribution in [0.1, 0.15) is 30.9 Å². The van der Waals surface area contributed by atoms with E-state index in [0.717, 1.165) is 50.3 Å². The molecule has 5 nitrogen and oxygen atoms in total. The van der Waals surface area contributed by atoms with Gasteiger partial charge in [0.2, 0.25) is 5.91 Å². The van der Waals surface area contributed by atoms with Crippen molar-refractivity contribution in [2.45, 2.75) is 39.8 Å². The van der Waals surface area contributed by atoms with Crippen LogP contribution >= 0.6 is 0 Å². The number of hydrogen-bond acceptors (Lipinski definition) is 3. The molecule has 4 rings (SSSR count). The van der Waals surface area contributed by atoms with E-state index in [9.17, 15) is 4.79 Å². The van der Waals surface area contributed by atoms with Crippen LogP contribution in [0.25, 0.3) is 11.1 Å². The zero-order valence-electron chi connectivity index (χ0n) is 17.8. The van der Waals surface area contributed by atoms with E-state index in [1.165, 1.54) is 16.7 Å². The van der Waals surface area contributed by atoms with Crippen molar-refractivity contribution >= 4 is 11.6 Å². The summed E-state index contributed by atoms with van der Waals surface area (Å²) >= 11 is 0. The maximum absolute atomic E-state index is 13.0. The summed E-state index contributed by atoms with van der Waals surface area (Å²) in [5, 5.41) is 7.51. The number of carbonyl (C=O) groups excluding carboxylic acids is 1. The topological polar surface area (TPSA) is 50.2 Å². The molecule has 1 amide bonds. The van der Waals surface area contributed by atoms with Crippen molar-refractivity contribution in [1.29, 1.82) is 0 Å². The van der Waals surface area contributed by atoms with Gasteiger partial charge in [-0.1, -0.05) is 42.0 Å². The smallest absolute Gasteiger partial charge is 0.228 e. The van der Waals surface area contributed by atoms with Gasteiger partial charge < -0.3 is 5.32 Å². The zero-order chi connectivity index (χ0) is 20.9. The standard InChI is InChI=1S/C25H30N4O/c1-3-29-17-20(15-26-29)16-28-12-6-10-23(18-28)25(30)27-24-11-5-9-22(14-24)21-8-4-7-19(2)13-21/h4-5,7-9,11,13-15,17,23H,3,6,10,12,16,18H2,1-2H3,(H,27,30). The number of rotatable bonds is 6. The summed E-state index contributed by atoms with van der Waals surface area (Å²) in [6.07, 6.45) is 6.02. The van der Waals surface area contributed by atoms with E-state index in [1.54, 1.807) is 0 Å². The van der Waals surface area contributed by atoms with Crippen LogP contribution in [-0.2, 0) is 17.9 Å². The summed E-state index contributed by atoms with van der Waals surface area (Å²) < 4.78 is 1.95. The molecule has 1 aromatic heterocycles. The van der Waals surface area contributed by atoms with Gasteiger partial charge in [0.25, 0.3) is 0 Å². The van der Waals surface area contributed by atoms with Gasteiger partial charge in [0, 0.05) is 37.1 Å². The lowest BCUT2D eigenvalue weighted by Crippen LogP contribution is -2.40. The molecule has 2 heterocycles. The Morgan fingerprint density at radius 1 is 1.17 bits per heavy atom. The van der Waals surface area contributed by atoms with Gasteiger partial charge in [-0.3, -0.25) is 14.4 Å². The molecule has 0 saturated carbocycles. The summed E-state index contributed by atoms with van der Waals surface area (Å²) in [5.74, 6) is 0.132. The third-order valence-electron chi connectivity index (χ3n) is 5.77. The van der Waals surface area contributed by atoms with Crippen molar-refractivity contribution in [3.63, 3.8) is 0 Å². The number of likely N-dealkylation sites (tertiary alicyclic amines) is 1. The number of carbonyl (C=O) groups is 1. The molecule has 0 spiro atoms. The van der Waals surface area contributed by atoms with Crippen LogP contribution in [0, 0.1) is 12.8 Å². The van der Waals surface area contributed by atoms with Gasteiger partial charge in [-0.2, -0.15) is 5.10 Å². The maximum Gasteiger partial charge on any atom is 0.228 e. The summed E-state index contributed by atoms with van der Waals surface area (Å²) in [6, 6.07) is 16.6. The van der Waals surface area contributed by atoms with Crippen LogP contribution in [0.15, 0.2) is 60.9 Å². The summed E-state index contributed by atoms with van der Waals surface area (Å²) in [5.41, 5.74) is 5.59. The average molecular weight is 403 g/mol. The van der Waals surface area contributed by atoms with Crippen LogP contribution in [0.5, 0.6) is 0 Å². The molecule has 1 N–H and O–H groups in total. The van der Waals surface area contributed by atoms with Crippen LogP contribution < -0.4 is 5.32 Å². The minimum Gasteiger partial charge on any atom is -0.326 e. The molecule has 0 radical (unpaired) electrons. The molecular weight excluding hydrogens is 372 g/mol. The predicted octanol–water partition coefficient (Wildman–Crippen LogP) is 4.73. The van der Waals surface area contributed by atoms with Crippen LogP contribution in [0.2, 0.25) is 0 Å². The lowest BCUT2D eigenvalue weighted by Gasteiger charge is -2.31. The monoisotopic (exact) mass is 402 g/mol. The van der Waals surface area contributed by atoms with E-state index in [4.69, 9.17) is 0 Å². The number of nitrogens with one attached hydrogen (secondary N) is 1. The predicted molar refractivity (Wildman–Crippen MR) is 121 cm³/mol. The van der Waals surface area contributed by atoms with E-state index < -0.39 is 0 Å². The first-order valence-corrected chi connectivity index (χ1v) is 10.8. The van der Waals surface area contributed by atoms with Crippen molar-refractivity contribution in [3.05, 3.63) is 72.1 Å². The molecule has 1 saturated heterocycles. The van der Waals surface area contributed by atoms with E-state index in [2.05, 4.69) is 71.8 Å². The fraction of sp³-hybridized carbons (Fsp3) is 0.360. The largest absolute Gasteiger partial charge is 0.326 e. The van der Waals surface area contributed by atoms with Gasteiger partial charge in [0.05, 0.1) is 12.1 Å². The number of benzene rings is 2. The Morgan fingerprint density at radius 2 is 1.97 bits per heavy atom. The van der Waals surface area contributed by atoms with E-state index >= 15 is 0 Å². The highest BCUT2D eigenvalue weighted by Gasteiger charge is 2.26. The highest BCUT2D eigenvalue weighted by Crippen LogP contribution is 2.25. The molecule has 1 aliphatic rings. The fourth-order valence-corrected chi connectivity index (χ4v) is 4.18. The van der Waals surface area contributed by atoms with Crippen molar-refractivity contribution in [1.82, 2.24) is 14.7 Å². The minimum absolute atomic E-state index is 0.0163. The minimum atomic E-state index is 0.0163. The number of anilines is 1. The first-order valence-electron chi connectivity index (χ1n) is 10.8. The molecule has 3 aromatic rings. The van der Waals surface area contributed by atoms with Gasteiger partial charge >= 0.3 is 0 Å². The lowest BCUT2D eigenvalue weighted by molar-refractivity contribution is -0.121. The second-order valence-corrected chi connectivity index (χ2v) is 8.22. The first kappa shape index (κ1) is 20.4. The third-order valence-corrected chi connectivity index (χ3v) is 5.77. The van der Waals surface area contributed by atoms with Crippen molar-refractivity contribution in [2.24, 2.45) is 5.92 Å². The number of aryl methyl sites for hydroxylation is 2. The summed E-state index contributed by atoms with van der Waals surface area (Å²) in [4.78, 5) is 15.3. The molecule has 0 bridgehead atoms. The molecule has 156 valence electrons. The van der Waals surface area contributed by atoms with Gasteiger partial charge in [-0.05, 0) is 56.5 Å². The average Bonchev–Trinajstić information content (AvgIpc) is 3.22. The summed E-state index contributed by atoms with van der Waals surface area (Å²) in [7, 11) is 0. The molecule has 1 fully saturated rings. The van der Waals surface area contributed by atoms with E-state index in [0.29, 0.717) is 0 Å². The highest BCUT2D eigenvalue weighted by molar-refractivity contribution is 5.93. The van der Waals surface area contributed by atoms with Crippen molar-refractivity contribution in [2.75, 3.05) is 18.4 Å². The highest BCUT2D eigenvalue weighted by atomic mass is 16.1. The Morgan fingerprint density at radius 3 is 2.73 bits per heavy atom. The lowest BCUT2D eigenvalue weighted by atomic mass is 9.96. The normalized spacial score (nSPS) is 17.1. The Balaban J connectivity index is 1.39. The molecule has 1 aliphatic heterocycles. The second kappa shape index (κ2) is 9.26. The Bertz CT molecular complexity index is 1010. The van der Waals surface area contributed by atoms with Crippen LogP contribution in [-0.4, -0.2) is 33.7 Å². The SMILES string of the molecule is CCn1cc(CN2CCCC(C(=O)Nc3cccc(-c4cccc(C)c4)c3)C2)cn1. The summed E-state index contributed by atoms with van der Waals surface area (Å²) in [6.45, 7) is 7.74. The number of amides is 1. The molecule has 5 heteroatoms. The van der Waals surface area contributed by atoms with Gasteiger partial charge in [-0.25, -0.2) is 0 Å². The quantitative estimate of drug-likeness (QED) is 0.648. The van der Waals surface area contributed by atoms with E-state index in [-0.39, 0.29) is 11.8 Å². The molecule has 0 aliphatic carbocycles. The molecular formula is C25H30N4O. The van der Waals surface area contributed by atoms with Crippen molar-refractivity contribution < 1.29 is 4.79 Å². The number of hydrogen-bond donors (Lipinski definition) is 1. The maximum atomic E-state index is 13.0. The van der Waals surface area contributed by atoms with Gasteiger partial charge in [-0.15, -0.1) is 0 Å². The van der Waals surface area contributed by atoms with Crippen LogP contribution in [0.3, 0.4) is 0 Å². The molecule has 1 atom stereocenters. The number of aromatic nitrogens is 2. The molecule has 2 aromatic carbocycles. The van der Waals surface area contributed by atoms with Gasteiger partial charge in [0.15, 0.2) is 0 Å².